The third-order valence-corrected chi connectivity index (χ3v) is 6.82. The molecule has 9 heteroatoms. The highest BCUT2D eigenvalue weighted by atomic mass is 32.2. The second-order valence-electron chi connectivity index (χ2n) is 7.00. The number of rotatable bonds is 9. The fourth-order valence-corrected chi connectivity index (χ4v) is 4.71. The molecule has 1 fully saturated rings. The third kappa shape index (κ3) is 5.96. The number of hydrogen-bond donors (Lipinski definition) is 1. The van der Waals surface area contributed by atoms with E-state index in [2.05, 4.69) is 5.32 Å². The molecule has 0 saturated carbocycles. The highest BCUT2D eigenvalue weighted by Crippen LogP contribution is 2.29. The van der Waals surface area contributed by atoms with Crippen LogP contribution in [-0.2, 0) is 26.0 Å². The number of anilines is 1. The molecule has 1 N–H and O–H groups in total. The first-order valence-electron chi connectivity index (χ1n) is 10.2. The van der Waals surface area contributed by atoms with Gasteiger partial charge in [-0.05, 0) is 49.2 Å². The number of nitrogens with zero attached hydrogens (tertiary/aromatic N) is 1. The first-order valence-corrected chi connectivity index (χ1v) is 11.7. The number of carbonyl (C=O) groups is 1. The molecule has 1 amide bonds. The number of ether oxygens (including phenoxy) is 3. The van der Waals surface area contributed by atoms with Crippen molar-refractivity contribution in [2.24, 2.45) is 0 Å². The van der Waals surface area contributed by atoms with Crippen molar-refractivity contribution in [2.45, 2.75) is 24.7 Å². The van der Waals surface area contributed by atoms with Crippen LogP contribution in [-0.4, -0.2) is 58.7 Å². The Kier molecular flexibility index (Phi) is 7.89. The average molecular weight is 449 g/mol. The zero-order valence-corrected chi connectivity index (χ0v) is 18.6. The van der Waals surface area contributed by atoms with E-state index >= 15 is 0 Å². The molecule has 2 aromatic carbocycles. The molecule has 8 nitrogen and oxygen atoms in total. The van der Waals surface area contributed by atoms with Crippen LogP contribution >= 0.6 is 0 Å². The predicted octanol–water partition coefficient (Wildman–Crippen LogP) is 2.69. The van der Waals surface area contributed by atoms with Gasteiger partial charge in [0, 0.05) is 19.5 Å². The maximum atomic E-state index is 12.9. The van der Waals surface area contributed by atoms with E-state index in [0.29, 0.717) is 50.8 Å². The van der Waals surface area contributed by atoms with Crippen LogP contribution in [0.1, 0.15) is 18.9 Å². The highest BCUT2D eigenvalue weighted by molar-refractivity contribution is 7.89. The Hall–Kier alpha value is -2.62. The summed E-state index contributed by atoms with van der Waals surface area (Å²) in [6, 6.07) is 12.1. The van der Waals surface area contributed by atoms with E-state index in [1.165, 1.54) is 23.5 Å². The lowest BCUT2D eigenvalue weighted by atomic mass is 10.1. The summed E-state index contributed by atoms with van der Waals surface area (Å²) >= 11 is 0. The molecule has 168 valence electrons. The van der Waals surface area contributed by atoms with Gasteiger partial charge in [-0.25, -0.2) is 8.42 Å². The molecule has 2 aromatic rings. The van der Waals surface area contributed by atoms with Crippen LogP contribution < -0.4 is 14.8 Å². The summed E-state index contributed by atoms with van der Waals surface area (Å²) in [4.78, 5) is 12.6. The lowest BCUT2D eigenvalue weighted by Crippen LogP contribution is -2.40. The molecule has 1 aliphatic heterocycles. The molecule has 0 unspecified atom stereocenters. The maximum Gasteiger partial charge on any atom is 0.243 e. The van der Waals surface area contributed by atoms with Gasteiger partial charge in [-0.2, -0.15) is 4.31 Å². The van der Waals surface area contributed by atoms with E-state index in [9.17, 15) is 13.2 Å². The molecule has 31 heavy (non-hydrogen) atoms. The van der Waals surface area contributed by atoms with Crippen LogP contribution in [0.4, 0.5) is 5.69 Å². The van der Waals surface area contributed by atoms with Crippen molar-refractivity contribution < 1.29 is 27.4 Å². The van der Waals surface area contributed by atoms with Crippen LogP contribution in [0.3, 0.4) is 0 Å². The number of nitrogens with one attached hydrogen (secondary N) is 1. The molecule has 1 aliphatic rings. The van der Waals surface area contributed by atoms with Gasteiger partial charge in [0.1, 0.15) is 11.5 Å². The first kappa shape index (κ1) is 23.1. The molecular weight excluding hydrogens is 420 g/mol. The summed E-state index contributed by atoms with van der Waals surface area (Å²) < 4.78 is 43.2. The fraction of sp³-hybridized carbons (Fsp3) is 0.409. The molecule has 0 bridgehead atoms. The SMILES string of the molecule is CCOc1ccc(CCC(=O)Nc2cc(S(=O)(=O)N3CCOCC3)ccc2OC)cc1. The number of amides is 1. The van der Waals surface area contributed by atoms with Gasteiger partial charge in [0.15, 0.2) is 0 Å². The van der Waals surface area contributed by atoms with Crippen molar-refractivity contribution in [1.29, 1.82) is 0 Å². The number of morpholine rings is 1. The smallest absolute Gasteiger partial charge is 0.243 e. The number of aryl methyl sites for hydroxylation is 1. The summed E-state index contributed by atoms with van der Waals surface area (Å²) in [7, 11) is -2.20. The third-order valence-electron chi connectivity index (χ3n) is 4.93. The van der Waals surface area contributed by atoms with Crippen molar-refractivity contribution in [3.05, 3.63) is 48.0 Å². The van der Waals surface area contributed by atoms with Crippen molar-refractivity contribution in [3.63, 3.8) is 0 Å². The molecule has 3 rings (SSSR count). The Morgan fingerprint density at radius 1 is 1.13 bits per heavy atom. The largest absolute Gasteiger partial charge is 0.495 e. The Morgan fingerprint density at radius 2 is 1.84 bits per heavy atom. The van der Waals surface area contributed by atoms with Crippen molar-refractivity contribution in [2.75, 3.05) is 45.3 Å². The van der Waals surface area contributed by atoms with Crippen LogP contribution in [0.15, 0.2) is 47.4 Å². The number of hydrogen-bond acceptors (Lipinski definition) is 6. The monoisotopic (exact) mass is 448 g/mol. The zero-order valence-electron chi connectivity index (χ0n) is 17.8. The molecular formula is C22H28N2O6S. The number of sulfonamides is 1. The summed E-state index contributed by atoms with van der Waals surface area (Å²) in [5.41, 5.74) is 1.34. The average Bonchev–Trinajstić information content (AvgIpc) is 2.79. The van der Waals surface area contributed by atoms with Gasteiger partial charge in [-0.1, -0.05) is 12.1 Å². The number of methoxy groups -OCH3 is 1. The molecule has 1 heterocycles. The molecule has 0 atom stereocenters. The summed E-state index contributed by atoms with van der Waals surface area (Å²) in [6.07, 6.45) is 0.796. The van der Waals surface area contributed by atoms with E-state index in [4.69, 9.17) is 14.2 Å². The van der Waals surface area contributed by atoms with Gasteiger partial charge in [-0.3, -0.25) is 4.79 Å². The predicted molar refractivity (Wildman–Crippen MR) is 117 cm³/mol. The van der Waals surface area contributed by atoms with E-state index in [-0.39, 0.29) is 17.2 Å². The van der Waals surface area contributed by atoms with E-state index < -0.39 is 10.0 Å². The second-order valence-corrected chi connectivity index (χ2v) is 8.94. The summed E-state index contributed by atoms with van der Waals surface area (Å²) in [5.74, 6) is 0.960. The Morgan fingerprint density at radius 3 is 2.48 bits per heavy atom. The Balaban J connectivity index is 1.68. The Bertz CT molecular complexity index is 986. The van der Waals surface area contributed by atoms with E-state index in [0.717, 1.165) is 11.3 Å². The van der Waals surface area contributed by atoms with Gasteiger partial charge >= 0.3 is 0 Å². The number of carbonyl (C=O) groups excluding carboxylic acids is 1. The molecule has 0 aromatic heterocycles. The minimum absolute atomic E-state index is 0.108. The second kappa shape index (κ2) is 10.6. The molecule has 1 saturated heterocycles. The van der Waals surface area contributed by atoms with Crippen molar-refractivity contribution in [1.82, 2.24) is 4.31 Å². The first-order chi connectivity index (χ1) is 14.9. The van der Waals surface area contributed by atoms with Gasteiger partial charge in [0.25, 0.3) is 0 Å². The van der Waals surface area contributed by atoms with Gasteiger partial charge in [0.2, 0.25) is 15.9 Å². The molecule has 0 aliphatic carbocycles. The quantitative estimate of drug-likeness (QED) is 0.634. The van der Waals surface area contributed by atoms with Crippen LogP contribution in [0.2, 0.25) is 0 Å². The minimum atomic E-state index is -3.67. The van der Waals surface area contributed by atoms with Crippen molar-refractivity contribution >= 4 is 21.6 Å². The van der Waals surface area contributed by atoms with Crippen molar-refractivity contribution in [3.8, 4) is 11.5 Å². The normalized spacial score (nSPS) is 14.8. The number of benzene rings is 2. The lowest BCUT2D eigenvalue weighted by molar-refractivity contribution is -0.116. The zero-order chi connectivity index (χ0) is 22.3. The van der Waals surface area contributed by atoms with Gasteiger partial charge < -0.3 is 19.5 Å². The highest BCUT2D eigenvalue weighted by Gasteiger charge is 2.27. The van der Waals surface area contributed by atoms with Gasteiger partial charge in [0.05, 0.1) is 37.5 Å². The minimum Gasteiger partial charge on any atom is -0.495 e. The summed E-state index contributed by atoms with van der Waals surface area (Å²) in [6.45, 7) is 3.86. The standard InChI is InChI=1S/C22H28N2O6S/c1-3-30-18-7-4-17(5-8-18)6-11-22(25)23-20-16-19(9-10-21(20)28-2)31(26,27)24-12-14-29-15-13-24/h4-5,7-10,16H,3,6,11-15H2,1-2H3,(H,23,25). The Labute approximate surface area is 183 Å². The van der Waals surface area contributed by atoms with Crippen LogP contribution in [0.25, 0.3) is 0 Å². The van der Waals surface area contributed by atoms with Crippen LogP contribution in [0, 0.1) is 0 Å². The van der Waals surface area contributed by atoms with E-state index in [1.807, 2.05) is 31.2 Å². The van der Waals surface area contributed by atoms with Crippen LogP contribution in [0.5, 0.6) is 11.5 Å². The fourth-order valence-electron chi connectivity index (χ4n) is 3.27. The topological polar surface area (TPSA) is 94.2 Å². The van der Waals surface area contributed by atoms with Gasteiger partial charge in [-0.15, -0.1) is 0 Å². The summed E-state index contributed by atoms with van der Waals surface area (Å²) in [5, 5.41) is 2.78. The lowest BCUT2D eigenvalue weighted by Gasteiger charge is -2.26. The van der Waals surface area contributed by atoms with E-state index in [1.54, 1.807) is 6.07 Å². The maximum absolute atomic E-state index is 12.9. The molecule has 0 radical (unpaired) electrons. The molecule has 0 spiro atoms.